The van der Waals surface area contributed by atoms with Crippen molar-refractivity contribution in [2.24, 2.45) is 11.8 Å². The number of hydrogen-bond donors (Lipinski definition) is 1. The summed E-state index contributed by atoms with van der Waals surface area (Å²) in [5.41, 5.74) is -1.24. The Hall–Kier alpha value is -0.610. The lowest BCUT2D eigenvalue weighted by atomic mass is 9.66. The average Bonchev–Trinajstić information content (AvgIpc) is 2.92. The van der Waals surface area contributed by atoms with Crippen LogP contribution in [0.1, 0.15) is 89.9 Å². The van der Waals surface area contributed by atoms with E-state index in [4.69, 9.17) is 4.74 Å². The van der Waals surface area contributed by atoms with Crippen LogP contribution in [0.25, 0.3) is 0 Å². The number of fused-ring (bicyclic) bond motifs is 2. The molecule has 4 nitrogen and oxygen atoms in total. The predicted octanol–water partition coefficient (Wildman–Crippen LogP) is 4.05. The van der Waals surface area contributed by atoms with E-state index in [1.54, 1.807) is 0 Å². The Bertz CT molecular complexity index is 478. The maximum atomic E-state index is 13.4. The molecule has 2 saturated heterocycles. The van der Waals surface area contributed by atoms with Crippen molar-refractivity contribution < 1.29 is 14.6 Å². The highest BCUT2D eigenvalue weighted by Gasteiger charge is 2.53. The van der Waals surface area contributed by atoms with Gasteiger partial charge in [-0.3, -0.25) is 4.90 Å². The zero-order chi connectivity index (χ0) is 18.1. The number of likely N-dealkylation sites (N-methyl/N-ethyl adjacent to an activating group) is 1. The molecule has 2 saturated carbocycles. The minimum atomic E-state index is -1.24. The van der Waals surface area contributed by atoms with Crippen molar-refractivity contribution in [3.05, 3.63) is 0 Å². The fourth-order valence-corrected chi connectivity index (χ4v) is 6.51. The van der Waals surface area contributed by atoms with Gasteiger partial charge in [0.25, 0.3) is 0 Å². The quantitative estimate of drug-likeness (QED) is 0.766. The molecule has 2 heterocycles. The molecule has 0 amide bonds. The minimum Gasteiger partial charge on any atom is -0.459 e. The molecule has 0 radical (unpaired) electrons. The number of nitrogens with zero attached hydrogens (tertiary/aromatic N) is 1. The maximum absolute atomic E-state index is 13.4. The van der Waals surface area contributed by atoms with Gasteiger partial charge >= 0.3 is 5.97 Å². The first-order valence-corrected chi connectivity index (χ1v) is 11.3. The molecule has 26 heavy (non-hydrogen) atoms. The first-order valence-electron chi connectivity index (χ1n) is 11.3. The topological polar surface area (TPSA) is 49.8 Å². The molecule has 4 aliphatic rings. The molecule has 148 valence electrons. The highest BCUT2D eigenvalue weighted by atomic mass is 16.6. The second kappa shape index (κ2) is 7.79. The standard InChI is InChI=1S/C22H37NO3/c1-23-18-12-14-19(23)20(15-13-18)26-21(24)22(25,16-8-4-2-5-9-16)17-10-6-3-7-11-17/h16-20,25H,2-15H2,1H3/t18-,19-,20+/m1/s1. The third-order valence-electron chi connectivity index (χ3n) is 8.15. The average molecular weight is 364 g/mol. The van der Waals surface area contributed by atoms with Gasteiger partial charge in [-0.05, 0) is 70.3 Å². The number of ether oxygens (including phenoxy) is 1. The van der Waals surface area contributed by atoms with E-state index in [1.165, 1.54) is 19.3 Å². The van der Waals surface area contributed by atoms with Crippen LogP contribution in [-0.4, -0.2) is 46.8 Å². The molecule has 0 spiro atoms. The summed E-state index contributed by atoms with van der Waals surface area (Å²) in [7, 11) is 2.18. The number of rotatable bonds is 4. The van der Waals surface area contributed by atoms with E-state index in [9.17, 15) is 9.90 Å². The van der Waals surface area contributed by atoms with Crippen molar-refractivity contribution in [3.8, 4) is 0 Å². The van der Waals surface area contributed by atoms with Crippen molar-refractivity contribution in [2.45, 2.75) is 114 Å². The Kier molecular flexibility index (Phi) is 5.61. The Morgan fingerprint density at radius 1 is 0.846 bits per heavy atom. The monoisotopic (exact) mass is 363 g/mol. The van der Waals surface area contributed by atoms with E-state index in [0.29, 0.717) is 12.1 Å². The molecule has 0 aromatic rings. The van der Waals surface area contributed by atoms with Crippen LogP contribution >= 0.6 is 0 Å². The predicted molar refractivity (Wildman–Crippen MR) is 102 cm³/mol. The summed E-state index contributed by atoms with van der Waals surface area (Å²) >= 11 is 0. The summed E-state index contributed by atoms with van der Waals surface area (Å²) in [6.07, 6.45) is 15.4. The Labute approximate surface area is 158 Å². The normalized spacial score (nSPS) is 34.8. The molecule has 0 aromatic heterocycles. The lowest BCUT2D eigenvalue weighted by Crippen LogP contribution is -2.56. The number of esters is 1. The van der Waals surface area contributed by atoms with Crippen molar-refractivity contribution in [1.82, 2.24) is 4.90 Å². The van der Waals surface area contributed by atoms with Gasteiger partial charge in [-0.1, -0.05) is 38.5 Å². The fourth-order valence-electron chi connectivity index (χ4n) is 6.51. The van der Waals surface area contributed by atoms with Crippen molar-refractivity contribution in [1.29, 1.82) is 0 Å². The van der Waals surface area contributed by atoms with Crippen molar-refractivity contribution >= 4 is 5.97 Å². The van der Waals surface area contributed by atoms with Gasteiger partial charge in [-0.25, -0.2) is 4.79 Å². The largest absolute Gasteiger partial charge is 0.459 e. The number of carbonyl (C=O) groups excluding carboxylic acids is 1. The first kappa shape index (κ1) is 18.7. The van der Waals surface area contributed by atoms with Crippen molar-refractivity contribution in [3.63, 3.8) is 0 Å². The maximum Gasteiger partial charge on any atom is 0.339 e. The highest BCUT2D eigenvalue weighted by Crippen LogP contribution is 2.45. The molecule has 3 atom stereocenters. The highest BCUT2D eigenvalue weighted by molar-refractivity contribution is 5.80. The number of hydrogen-bond acceptors (Lipinski definition) is 4. The van der Waals surface area contributed by atoms with Gasteiger partial charge in [-0.15, -0.1) is 0 Å². The van der Waals surface area contributed by atoms with E-state index >= 15 is 0 Å². The summed E-state index contributed by atoms with van der Waals surface area (Å²) < 4.78 is 6.13. The molecule has 2 aliphatic carbocycles. The van der Waals surface area contributed by atoms with Crippen LogP contribution in [-0.2, 0) is 9.53 Å². The van der Waals surface area contributed by atoms with E-state index < -0.39 is 5.60 Å². The zero-order valence-electron chi connectivity index (χ0n) is 16.5. The van der Waals surface area contributed by atoms with E-state index in [1.807, 2.05) is 0 Å². The van der Waals surface area contributed by atoms with Gasteiger partial charge < -0.3 is 9.84 Å². The van der Waals surface area contributed by atoms with Crippen molar-refractivity contribution in [2.75, 3.05) is 7.05 Å². The molecular formula is C22H37NO3. The van der Waals surface area contributed by atoms with E-state index in [2.05, 4.69) is 11.9 Å². The van der Waals surface area contributed by atoms with E-state index in [-0.39, 0.29) is 23.9 Å². The Morgan fingerprint density at radius 3 is 1.96 bits per heavy atom. The molecule has 4 fully saturated rings. The minimum absolute atomic E-state index is 0.0232. The molecule has 2 bridgehead atoms. The number of carbonyl (C=O) groups is 1. The second-order valence-electron chi connectivity index (χ2n) is 9.48. The SMILES string of the molecule is CN1[C@H]2CC[C@H](OC(=O)C(O)(C3CCCCC3)C3CCCCC3)[C@H]1CC2. The number of piperidine rings is 1. The molecule has 4 rings (SSSR count). The van der Waals surface area contributed by atoms with Crippen LogP contribution in [0.2, 0.25) is 0 Å². The zero-order valence-corrected chi connectivity index (χ0v) is 16.5. The van der Waals surface area contributed by atoms with Crippen LogP contribution in [0.5, 0.6) is 0 Å². The van der Waals surface area contributed by atoms with Gasteiger partial charge in [0.1, 0.15) is 6.10 Å². The summed E-state index contributed by atoms with van der Waals surface area (Å²) in [5, 5.41) is 11.8. The summed E-state index contributed by atoms with van der Waals surface area (Å²) in [6.45, 7) is 0. The van der Waals surface area contributed by atoms with Crippen LogP contribution in [0.3, 0.4) is 0 Å². The smallest absolute Gasteiger partial charge is 0.339 e. The molecule has 1 N–H and O–H groups in total. The summed E-state index contributed by atoms with van der Waals surface area (Å²) in [4.78, 5) is 15.8. The van der Waals surface area contributed by atoms with Gasteiger partial charge in [0.05, 0.1) is 0 Å². The van der Waals surface area contributed by atoms with Crippen LogP contribution in [0.15, 0.2) is 0 Å². The van der Waals surface area contributed by atoms with E-state index in [0.717, 1.165) is 70.6 Å². The van der Waals surface area contributed by atoms with Crippen LogP contribution in [0.4, 0.5) is 0 Å². The van der Waals surface area contributed by atoms with Crippen LogP contribution < -0.4 is 0 Å². The Balaban J connectivity index is 1.51. The third-order valence-corrected chi connectivity index (χ3v) is 8.15. The summed E-state index contributed by atoms with van der Waals surface area (Å²) in [6, 6.07) is 1.03. The Morgan fingerprint density at radius 2 is 1.38 bits per heavy atom. The molecule has 4 heteroatoms. The molecule has 0 aromatic carbocycles. The summed E-state index contributed by atoms with van der Waals surface area (Å²) in [5.74, 6) is -0.0750. The number of aliphatic hydroxyl groups is 1. The molecule has 2 aliphatic heterocycles. The third kappa shape index (κ3) is 3.32. The molecular weight excluding hydrogens is 326 g/mol. The fraction of sp³-hybridized carbons (Fsp3) is 0.955. The van der Waals surface area contributed by atoms with Gasteiger partial charge in [0, 0.05) is 12.1 Å². The van der Waals surface area contributed by atoms with Gasteiger partial charge in [0.2, 0.25) is 0 Å². The molecule has 0 unspecified atom stereocenters. The van der Waals surface area contributed by atoms with Crippen LogP contribution in [0, 0.1) is 11.8 Å². The lowest BCUT2D eigenvalue weighted by molar-refractivity contribution is -0.194. The first-order chi connectivity index (χ1) is 12.6. The van der Waals surface area contributed by atoms with Gasteiger partial charge in [0.15, 0.2) is 5.60 Å². The van der Waals surface area contributed by atoms with Gasteiger partial charge in [-0.2, -0.15) is 0 Å². The lowest BCUT2D eigenvalue weighted by Gasteiger charge is -2.45. The second-order valence-corrected chi connectivity index (χ2v) is 9.48.